The molecule has 0 unspecified atom stereocenters. The number of fused-ring (bicyclic) bond motifs is 5. The number of carbonyl (C=O) groups excluding carboxylic acids is 1. The van der Waals surface area contributed by atoms with Crippen molar-refractivity contribution >= 4 is 36.8 Å². The fourth-order valence-corrected chi connectivity index (χ4v) is 12.2. The van der Waals surface area contributed by atoms with Crippen LogP contribution in [0, 0.1) is 58.2 Å². The Hall–Kier alpha value is -1.56. The first-order chi connectivity index (χ1) is 25.7. The third-order valence-electron chi connectivity index (χ3n) is 13.9. The van der Waals surface area contributed by atoms with Crippen molar-refractivity contribution in [2.45, 2.75) is 123 Å². The van der Waals surface area contributed by atoms with Gasteiger partial charge in [-0.2, -0.15) is 25.3 Å². The lowest BCUT2D eigenvalue weighted by Gasteiger charge is -2.59. The molecular formula is C36H59NO16S3. The lowest BCUT2D eigenvalue weighted by molar-refractivity contribution is -0.342. The molecule has 1 heterocycles. The Morgan fingerprint density at radius 2 is 1.62 bits per heavy atom. The summed E-state index contributed by atoms with van der Waals surface area (Å²) in [5.74, 6) is -2.33. The van der Waals surface area contributed by atoms with Crippen LogP contribution in [0.15, 0.2) is 23.8 Å². The van der Waals surface area contributed by atoms with Crippen LogP contribution in [0.1, 0.15) is 86.5 Å². The van der Waals surface area contributed by atoms with Crippen LogP contribution in [0.25, 0.3) is 0 Å². The topological polar surface area (TPSA) is 270 Å². The maximum Gasteiger partial charge on any atom is 0.397 e. The third-order valence-corrected chi connectivity index (χ3v) is 15.7. The van der Waals surface area contributed by atoms with Crippen LogP contribution < -0.4 is 5.32 Å². The Morgan fingerprint density at radius 1 is 0.964 bits per heavy atom. The highest BCUT2D eigenvalue weighted by atomic mass is 32.3. The Kier molecular flexibility index (Phi) is 13.7. The van der Waals surface area contributed by atoms with Gasteiger partial charge < -0.3 is 25.0 Å². The molecule has 322 valence electrons. The number of aliphatic hydroxyl groups excluding tert-OH is 2. The highest BCUT2D eigenvalue weighted by molar-refractivity contribution is 7.85. The van der Waals surface area contributed by atoms with Crippen molar-refractivity contribution in [2.75, 3.05) is 12.3 Å². The van der Waals surface area contributed by atoms with Crippen molar-refractivity contribution in [1.29, 1.82) is 0 Å². The molecule has 4 aliphatic carbocycles. The minimum atomic E-state index is -5.05. The number of nitrogens with one attached hydrogen (secondary N) is 1. The van der Waals surface area contributed by atoms with Crippen molar-refractivity contribution in [1.82, 2.24) is 5.32 Å². The van der Waals surface area contributed by atoms with Gasteiger partial charge in [0, 0.05) is 18.4 Å². The fraction of sp³-hybridized carbons (Fsp3) is 0.861. The predicted molar refractivity (Wildman–Crippen MR) is 200 cm³/mol. The second-order valence-electron chi connectivity index (χ2n) is 17.3. The zero-order valence-electron chi connectivity index (χ0n) is 32.6. The van der Waals surface area contributed by atoms with Crippen LogP contribution in [-0.2, 0) is 53.6 Å². The van der Waals surface area contributed by atoms with E-state index in [-0.39, 0.29) is 53.9 Å². The molecule has 16 atom stereocenters. The maximum atomic E-state index is 12.7. The van der Waals surface area contributed by atoms with E-state index in [1.54, 1.807) is 6.92 Å². The Balaban J connectivity index is 1.40. The van der Waals surface area contributed by atoms with E-state index in [1.807, 2.05) is 13.0 Å². The normalized spacial score (nSPS) is 40.8. The van der Waals surface area contributed by atoms with E-state index in [9.17, 15) is 49.4 Å². The molecule has 3 saturated carbocycles. The summed E-state index contributed by atoms with van der Waals surface area (Å²) in [6.07, 6.45) is 2.57. The van der Waals surface area contributed by atoms with E-state index >= 15 is 0 Å². The molecule has 17 nitrogen and oxygen atoms in total. The van der Waals surface area contributed by atoms with Gasteiger partial charge in [-0.15, -0.1) is 0 Å². The zero-order chi connectivity index (χ0) is 41.8. The fourth-order valence-electron chi connectivity index (χ4n) is 10.7. The number of aliphatic hydroxyl groups is 2. The average Bonchev–Trinajstić information content (AvgIpc) is 3.43. The van der Waals surface area contributed by atoms with E-state index in [0.29, 0.717) is 19.3 Å². The number of amides is 1. The summed E-state index contributed by atoms with van der Waals surface area (Å²) >= 11 is 0. The van der Waals surface area contributed by atoms with Gasteiger partial charge in [-0.25, -0.2) is 8.37 Å². The molecule has 0 radical (unpaired) electrons. The summed E-state index contributed by atoms with van der Waals surface area (Å²) in [6.45, 7) is 11.5. The van der Waals surface area contributed by atoms with E-state index in [1.165, 1.54) is 12.5 Å². The molecule has 5 aliphatic rings. The van der Waals surface area contributed by atoms with Crippen molar-refractivity contribution in [3.63, 3.8) is 0 Å². The minimum Gasteiger partial charge on any atom is -0.387 e. The molecule has 1 saturated heterocycles. The van der Waals surface area contributed by atoms with Crippen molar-refractivity contribution in [3.05, 3.63) is 23.8 Å². The number of ether oxygens (including phenoxy) is 2. The van der Waals surface area contributed by atoms with Gasteiger partial charge in [0.15, 0.2) is 12.6 Å². The quantitative estimate of drug-likeness (QED) is 0.108. The Bertz CT molecular complexity index is 1840. The number of carbonyl (C=O) groups is 1. The number of hydrogen-bond acceptors (Lipinski definition) is 13. The van der Waals surface area contributed by atoms with Crippen molar-refractivity contribution in [2.24, 2.45) is 58.2 Å². The molecular weight excluding hydrogens is 799 g/mol. The van der Waals surface area contributed by atoms with Gasteiger partial charge in [-0.1, -0.05) is 65.3 Å². The molecule has 0 aromatic heterocycles. The standard InChI is InChI=1S/C36H59NO16S3/c1-19(21(3)32(39)37-15-16-54(41,42)43)7-8-20(2)25-9-10-26-24-18-29(50-34-31(53-56(47,48)49)22(4)30(38)33(40)51-34)28-17-23(52-55(44,45)46)11-13-36(28,6)27(24)12-14-35(25,26)5/h7-8,12,19-26,28-31,33-34,38,40H,9-11,13-18H2,1-6H3,(H,37,39)(H,41,42,43)(H,44,45,46)(H,47,48,49)/b8-7+/t19-,20-,21-,22-,23+,24+,25-,26+,28-,29+,30-,31+,33+,34+,35-,36-/m1/s1. The summed E-state index contributed by atoms with van der Waals surface area (Å²) < 4.78 is 120. The molecule has 56 heavy (non-hydrogen) atoms. The summed E-state index contributed by atoms with van der Waals surface area (Å²) in [6, 6.07) is 0. The SMILES string of the molecule is C[C@@H]1[C@@H](O)[C@@H](O)O[C@H](O[C@H]2C[C@@H]3C(=CC[C@]4(C)[C@@H]([C@H](C)/C=C/[C@@H](C)[C@@H](C)C(=O)NCCS(=O)(=O)O)CC[C@@H]34)[C@@]3(C)CC[C@H](OS(=O)(=O)O)C[C@H]23)[C@H]1OS(=O)(=O)O. The average molecular weight is 858 g/mol. The second-order valence-corrected chi connectivity index (χ2v) is 21.0. The first-order valence-corrected chi connectivity index (χ1v) is 23.7. The van der Waals surface area contributed by atoms with Gasteiger partial charge in [0.1, 0.15) is 12.2 Å². The molecule has 6 N–H and O–H groups in total. The van der Waals surface area contributed by atoms with E-state index in [4.69, 9.17) is 22.4 Å². The van der Waals surface area contributed by atoms with E-state index in [0.717, 1.165) is 19.3 Å². The van der Waals surface area contributed by atoms with E-state index in [2.05, 4.69) is 38.2 Å². The summed E-state index contributed by atoms with van der Waals surface area (Å²) in [5.41, 5.74) is 0.565. The zero-order valence-corrected chi connectivity index (χ0v) is 35.1. The molecule has 5 rings (SSSR count). The van der Waals surface area contributed by atoms with Gasteiger partial charge in [0.25, 0.3) is 10.1 Å². The first-order valence-electron chi connectivity index (χ1n) is 19.3. The first kappa shape index (κ1) is 45.5. The van der Waals surface area contributed by atoms with Crippen LogP contribution in [0.2, 0.25) is 0 Å². The van der Waals surface area contributed by atoms with Crippen molar-refractivity contribution < 1.29 is 71.8 Å². The van der Waals surface area contributed by atoms with E-state index < -0.39 is 96.8 Å². The molecule has 1 aliphatic heterocycles. The van der Waals surface area contributed by atoms with Crippen molar-refractivity contribution in [3.8, 4) is 0 Å². The van der Waals surface area contributed by atoms with Crippen LogP contribution in [0.3, 0.4) is 0 Å². The largest absolute Gasteiger partial charge is 0.397 e. The molecule has 0 aromatic carbocycles. The smallest absolute Gasteiger partial charge is 0.387 e. The van der Waals surface area contributed by atoms with Gasteiger partial charge in [0.05, 0.1) is 18.0 Å². The molecule has 0 aromatic rings. The summed E-state index contributed by atoms with van der Waals surface area (Å²) in [7, 11) is -14.0. The summed E-state index contributed by atoms with van der Waals surface area (Å²) in [5, 5.41) is 23.6. The molecule has 0 bridgehead atoms. The van der Waals surface area contributed by atoms with Gasteiger partial charge >= 0.3 is 20.8 Å². The third kappa shape index (κ3) is 10.1. The second kappa shape index (κ2) is 16.8. The van der Waals surface area contributed by atoms with Crippen LogP contribution in [-0.4, -0.2) is 104 Å². The lowest BCUT2D eigenvalue weighted by Crippen LogP contribution is -2.59. The van der Waals surface area contributed by atoms with Gasteiger partial charge in [-0.05, 0) is 91.3 Å². The predicted octanol–water partition coefficient (Wildman–Crippen LogP) is 3.08. The van der Waals surface area contributed by atoms with Crippen LogP contribution in [0.5, 0.6) is 0 Å². The number of hydrogen-bond donors (Lipinski definition) is 6. The van der Waals surface area contributed by atoms with Crippen LogP contribution in [0.4, 0.5) is 0 Å². The molecule has 20 heteroatoms. The lowest BCUT2D eigenvalue weighted by atomic mass is 9.47. The number of rotatable bonds is 14. The van der Waals surface area contributed by atoms with Gasteiger partial charge in [0.2, 0.25) is 5.91 Å². The monoisotopic (exact) mass is 857 g/mol. The maximum absolute atomic E-state index is 12.7. The van der Waals surface area contributed by atoms with Gasteiger partial charge in [-0.3, -0.25) is 18.5 Å². The molecule has 0 spiro atoms. The number of allylic oxidation sites excluding steroid dienone is 4. The Labute approximate surface area is 330 Å². The minimum absolute atomic E-state index is 0.00284. The highest BCUT2D eigenvalue weighted by Gasteiger charge is 2.61. The Morgan fingerprint density at radius 3 is 2.25 bits per heavy atom. The molecule has 1 amide bonds. The van der Waals surface area contributed by atoms with Crippen LogP contribution >= 0.6 is 0 Å². The highest BCUT2D eigenvalue weighted by Crippen LogP contribution is 2.67. The summed E-state index contributed by atoms with van der Waals surface area (Å²) in [4.78, 5) is 12.7. The molecule has 4 fully saturated rings.